The molecule has 1 N–H and O–H groups in total. The van der Waals surface area contributed by atoms with Gasteiger partial charge in [-0.2, -0.15) is 0 Å². The smallest absolute Gasteiger partial charge is 0.248 e. The Balaban J connectivity index is 1.71. The van der Waals surface area contributed by atoms with Crippen LogP contribution in [-0.4, -0.2) is 5.91 Å². The average molecular weight is 316 g/mol. The molecule has 1 amide bonds. The molecule has 0 unspecified atom stereocenters. The van der Waals surface area contributed by atoms with Gasteiger partial charge in [0.05, 0.1) is 5.02 Å². The van der Waals surface area contributed by atoms with Crippen molar-refractivity contribution in [3.8, 4) is 0 Å². The summed E-state index contributed by atoms with van der Waals surface area (Å²) in [6, 6.07) is 10.4. The SMILES string of the molecule is O=C(/C=C/c1c(F)cccc1Cl)Nc1ccc2c(c1)CCC2. The Bertz CT molecular complexity index is 734. The van der Waals surface area contributed by atoms with Gasteiger partial charge in [0.2, 0.25) is 5.91 Å². The molecule has 3 rings (SSSR count). The van der Waals surface area contributed by atoms with Gasteiger partial charge >= 0.3 is 0 Å². The molecule has 0 saturated carbocycles. The Hall–Kier alpha value is -2.13. The highest BCUT2D eigenvalue weighted by Crippen LogP contribution is 2.25. The lowest BCUT2D eigenvalue weighted by Crippen LogP contribution is -2.08. The minimum Gasteiger partial charge on any atom is -0.323 e. The standard InChI is InChI=1S/C18H15ClFNO/c19-16-5-2-6-17(20)15(16)9-10-18(22)21-14-8-7-12-3-1-4-13(12)11-14/h2,5-11H,1,3-4H2,(H,21,22)/b10-9+. The fourth-order valence-corrected chi connectivity index (χ4v) is 2.89. The fourth-order valence-electron chi connectivity index (χ4n) is 2.66. The minimum absolute atomic E-state index is 0.216. The molecule has 22 heavy (non-hydrogen) atoms. The van der Waals surface area contributed by atoms with Crippen LogP contribution in [0.4, 0.5) is 10.1 Å². The lowest BCUT2D eigenvalue weighted by molar-refractivity contribution is -0.111. The van der Waals surface area contributed by atoms with Crippen molar-refractivity contribution in [1.82, 2.24) is 0 Å². The Labute approximate surface area is 133 Å². The molecular weight excluding hydrogens is 301 g/mol. The monoisotopic (exact) mass is 315 g/mol. The first kappa shape index (κ1) is 14.8. The Kier molecular flexibility index (Phi) is 4.25. The summed E-state index contributed by atoms with van der Waals surface area (Å²) >= 11 is 5.91. The summed E-state index contributed by atoms with van der Waals surface area (Å²) in [5.41, 5.74) is 3.62. The number of benzene rings is 2. The van der Waals surface area contributed by atoms with Crippen LogP contribution in [0, 0.1) is 5.82 Å². The quantitative estimate of drug-likeness (QED) is 0.823. The molecule has 0 radical (unpaired) electrons. The van der Waals surface area contributed by atoms with Crippen molar-refractivity contribution in [2.75, 3.05) is 5.32 Å². The normalized spacial score (nSPS) is 13.4. The molecule has 1 aliphatic carbocycles. The average Bonchev–Trinajstić information content (AvgIpc) is 2.94. The van der Waals surface area contributed by atoms with Gasteiger partial charge in [-0.1, -0.05) is 23.7 Å². The Morgan fingerprint density at radius 2 is 2.00 bits per heavy atom. The maximum absolute atomic E-state index is 13.6. The molecule has 0 bridgehead atoms. The molecule has 0 atom stereocenters. The molecule has 0 heterocycles. The van der Waals surface area contributed by atoms with E-state index < -0.39 is 5.82 Å². The Morgan fingerprint density at radius 3 is 2.82 bits per heavy atom. The van der Waals surface area contributed by atoms with Crippen LogP contribution >= 0.6 is 11.6 Å². The molecule has 2 aromatic carbocycles. The first-order chi connectivity index (χ1) is 10.6. The zero-order chi connectivity index (χ0) is 15.5. The fraction of sp³-hybridized carbons (Fsp3) is 0.167. The van der Waals surface area contributed by atoms with Gasteiger partial charge in [0.15, 0.2) is 0 Å². The van der Waals surface area contributed by atoms with E-state index in [9.17, 15) is 9.18 Å². The number of anilines is 1. The number of carbonyl (C=O) groups excluding carboxylic acids is 1. The van der Waals surface area contributed by atoms with Gasteiger partial charge in [-0.15, -0.1) is 0 Å². The molecule has 2 aromatic rings. The van der Waals surface area contributed by atoms with Crippen LogP contribution in [-0.2, 0) is 17.6 Å². The van der Waals surface area contributed by atoms with E-state index in [2.05, 4.69) is 11.4 Å². The number of amides is 1. The number of hydrogen-bond acceptors (Lipinski definition) is 1. The van der Waals surface area contributed by atoms with Crippen LogP contribution in [0.25, 0.3) is 6.08 Å². The Morgan fingerprint density at radius 1 is 1.18 bits per heavy atom. The molecule has 2 nitrogen and oxygen atoms in total. The summed E-state index contributed by atoms with van der Waals surface area (Å²) in [7, 11) is 0. The van der Waals surface area contributed by atoms with Crippen molar-refractivity contribution in [2.45, 2.75) is 19.3 Å². The number of halogens is 2. The third-order valence-electron chi connectivity index (χ3n) is 3.77. The summed E-state index contributed by atoms with van der Waals surface area (Å²) in [6.45, 7) is 0. The van der Waals surface area contributed by atoms with Crippen LogP contribution < -0.4 is 5.32 Å². The minimum atomic E-state index is -0.450. The molecule has 1 aliphatic rings. The lowest BCUT2D eigenvalue weighted by Gasteiger charge is -2.05. The van der Waals surface area contributed by atoms with Crippen molar-refractivity contribution >= 4 is 29.3 Å². The molecular formula is C18H15ClFNO. The van der Waals surface area contributed by atoms with Crippen molar-refractivity contribution in [3.63, 3.8) is 0 Å². The zero-order valence-corrected chi connectivity index (χ0v) is 12.7. The van der Waals surface area contributed by atoms with Crippen LogP contribution in [0.3, 0.4) is 0 Å². The molecule has 112 valence electrons. The van der Waals surface area contributed by atoms with Crippen LogP contribution in [0.15, 0.2) is 42.5 Å². The second-order valence-electron chi connectivity index (χ2n) is 5.29. The highest BCUT2D eigenvalue weighted by Gasteiger charge is 2.11. The van der Waals surface area contributed by atoms with Crippen molar-refractivity contribution < 1.29 is 9.18 Å². The molecule has 0 fully saturated rings. The molecule has 4 heteroatoms. The third kappa shape index (κ3) is 3.20. The number of fused-ring (bicyclic) bond motifs is 1. The number of rotatable bonds is 3. The van der Waals surface area contributed by atoms with Gasteiger partial charge in [-0.05, 0) is 60.7 Å². The van der Waals surface area contributed by atoms with E-state index in [0.29, 0.717) is 0 Å². The number of aryl methyl sites for hydroxylation is 2. The molecule has 0 saturated heterocycles. The topological polar surface area (TPSA) is 29.1 Å². The van der Waals surface area contributed by atoms with E-state index in [1.54, 1.807) is 6.07 Å². The van der Waals surface area contributed by atoms with Crippen molar-refractivity contribution in [3.05, 3.63) is 70.0 Å². The van der Waals surface area contributed by atoms with E-state index in [1.165, 1.54) is 41.8 Å². The summed E-state index contributed by atoms with van der Waals surface area (Å²) < 4.78 is 13.6. The lowest BCUT2D eigenvalue weighted by atomic mass is 10.1. The second kappa shape index (κ2) is 6.32. The maximum Gasteiger partial charge on any atom is 0.248 e. The predicted octanol–water partition coefficient (Wildman–Crippen LogP) is 4.62. The van der Waals surface area contributed by atoms with E-state index >= 15 is 0 Å². The summed E-state index contributed by atoms with van der Waals surface area (Å²) in [4.78, 5) is 11.9. The number of nitrogens with one attached hydrogen (secondary N) is 1. The maximum atomic E-state index is 13.6. The molecule has 0 spiro atoms. The van der Waals surface area contributed by atoms with Crippen molar-refractivity contribution in [1.29, 1.82) is 0 Å². The predicted molar refractivity (Wildman–Crippen MR) is 87.5 cm³/mol. The van der Waals surface area contributed by atoms with Crippen LogP contribution in [0.1, 0.15) is 23.1 Å². The summed E-state index contributed by atoms with van der Waals surface area (Å²) in [5, 5.41) is 3.07. The summed E-state index contributed by atoms with van der Waals surface area (Å²) in [5.74, 6) is -0.758. The van der Waals surface area contributed by atoms with Gasteiger partial charge in [-0.25, -0.2) is 4.39 Å². The number of carbonyl (C=O) groups is 1. The van der Waals surface area contributed by atoms with E-state index in [4.69, 9.17) is 11.6 Å². The van der Waals surface area contributed by atoms with Crippen LogP contribution in [0.5, 0.6) is 0 Å². The van der Waals surface area contributed by atoms with E-state index in [0.717, 1.165) is 18.5 Å². The molecule has 0 aliphatic heterocycles. The highest BCUT2D eigenvalue weighted by molar-refractivity contribution is 6.32. The molecule has 0 aromatic heterocycles. The highest BCUT2D eigenvalue weighted by atomic mass is 35.5. The van der Waals surface area contributed by atoms with Gasteiger partial charge < -0.3 is 5.32 Å². The third-order valence-corrected chi connectivity index (χ3v) is 4.10. The van der Waals surface area contributed by atoms with Gasteiger partial charge in [0.25, 0.3) is 0 Å². The van der Waals surface area contributed by atoms with Crippen molar-refractivity contribution in [2.24, 2.45) is 0 Å². The first-order valence-corrected chi connectivity index (χ1v) is 7.56. The first-order valence-electron chi connectivity index (χ1n) is 7.18. The summed E-state index contributed by atoms with van der Waals surface area (Å²) in [6.07, 6.45) is 6.01. The largest absolute Gasteiger partial charge is 0.323 e. The van der Waals surface area contributed by atoms with Crippen LogP contribution in [0.2, 0.25) is 5.02 Å². The van der Waals surface area contributed by atoms with Gasteiger partial charge in [-0.3, -0.25) is 4.79 Å². The second-order valence-corrected chi connectivity index (χ2v) is 5.70. The van der Waals surface area contributed by atoms with E-state index in [-0.39, 0.29) is 16.5 Å². The van der Waals surface area contributed by atoms with Gasteiger partial charge in [0.1, 0.15) is 5.82 Å². The van der Waals surface area contributed by atoms with E-state index in [1.807, 2.05) is 12.1 Å². The number of hydrogen-bond donors (Lipinski definition) is 1. The van der Waals surface area contributed by atoms with Gasteiger partial charge in [0, 0.05) is 17.3 Å². The zero-order valence-electron chi connectivity index (χ0n) is 11.9.